The molecule has 0 spiro atoms. The van der Waals surface area contributed by atoms with Crippen LogP contribution in [-0.4, -0.2) is 33.4 Å². The van der Waals surface area contributed by atoms with Crippen LogP contribution in [0.5, 0.6) is 0 Å². The van der Waals surface area contributed by atoms with E-state index in [1.165, 1.54) is 5.75 Å². The van der Waals surface area contributed by atoms with Crippen molar-refractivity contribution in [3.8, 4) is 0 Å². The first-order valence-electron chi connectivity index (χ1n) is 6.36. The summed E-state index contributed by atoms with van der Waals surface area (Å²) in [5.41, 5.74) is 5.51. The van der Waals surface area contributed by atoms with Gasteiger partial charge in [-0.25, -0.2) is 0 Å². The Morgan fingerprint density at radius 2 is 2.11 bits per heavy atom. The van der Waals surface area contributed by atoms with E-state index in [2.05, 4.69) is 17.1 Å². The number of hydrogen-bond acceptors (Lipinski definition) is 6. The largest absolute Gasteiger partial charge is 0.339 e. The maximum Gasteiger partial charge on any atom is 0.233 e. The van der Waals surface area contributed by atoms with Crippen molar-refractivity contribution < 1.29 is 4.52 Å². The predicted octanol–water partition coefficient (Wildman–Crippen LogP) is 2.61. The second-order valence-corrected chi connectivity index (χ2v) is 7.75. The quantitative estimate of drug-likeness (QED) is 0.918. The minimum absolute atomic E-state index is 0.237. The standard InChI is InChI=1S/C12H21N3OS2/c1-4-8-9(18-6-5-17-8)10-14-11(16-15-10)12(2,3)7-13/h8-9H,4-7,13H2,1-3H3. The second kappa shape index (κ2) is 5.84. The monoisotopic (exact) mass is 287 g/mol. The van der Waals surface area contributed by atoms with Gasteiger partial charge in [0.2, 0.25) is 5.89 Å². The van der Waals surface area contributed by atoms with Gasteiger partial charge in [-0.1, -0.05) is 12.1 Å². The molecule has 1 aromatic heterocycles. The van der Waals surface area contributed by atoms with Gasteiger partial charge in [0, 0.05) is 23.3 Å². The van der Waals surface area contributed by atoms with E-state index >= 15 is 0 Å². The Kier molecular flexibility index (Phi) is 4.61. The minimum Gasteiger partial charge on any atom is -0.339 e. The van der Waals surface area contributed by atoms with Gasteiger partial charge in [0.1, 0.15) is 0 Å². The maximum atomic E-state index is 5.74. The summed E-state index contributed by atoms with van der Waals surface area (Å²) in [6.07, 6.45) is 1.15. The number of nitrogens with two attached hydrogens (primary N) is 1. The fraction of sp³-hybridized carbons (Fsp3) is 0.833. The summed E-state index contributed by atoms with van der Waals surface area (Å²) in [5.74, 6) is 3.89. The molecule has 1 aromatic rings. The Bertz CT molecular complexity index is 394. The van der Waals surface area contributed by atoms with Gasteiger partial charge in [-0.3, -0.25) is 0 Å². The zero-order chi connectivity index (χ0) is 13.2. The lowest BCUT2D eigenvalue weighted by atomic mass is 9.94. The van der Waals surface area contributed by atoms with Gasteiger partial charge in [0.25, 0.3) is 0 Å². The van der Waals surface area contributed by atoms with Gasteiger partial charge in [-0.2, -0.15) is 16.7 Å². The van der Waals surface area contributed by atoms with Crippen LogP contribution in [0.15, 0.2) is 4.52 Å². The van der Waals surface area contributed by atoms with Crippen LogP contribution in [0.1, 0.15) is 44.2 Å². The van der Waals surface area contributed by atoms with Crippen molar-refractivity contribution in [2.75, 3.05) is 18.1 Å². The third-order valence-electron chi connectivity index (χ3n) is 3.24. The maximum absolute atomic E-state index is 5.74. The van der Waals surface area contributed by atoms with Crippen molar-refractivity contribution in [2.24, 2.45) is 5.73 Å². The first kappa shape index (κ1) is 14.2. The van der Waals surface area contributed by atoms with E-state index in [1.807, 2.05) is 37.4 Å². The second-order valence-electron chi connectivity index (χ2n) is 5.15. The van der Waals surface area contributed by atoms with E-state index in [4.69, 9.17) is 10.3 Å². The molecule has 4 nitrogen and oxygen atoms in total. The van der Waals surface area contributed by atoms with Crippen LogP contribution in [0.2, 0.25) is 0 Å². The number of aromatic nitrogens is 2. The van der Waals surface area contributed by atoms with Crippen LogP contribution in [0, 0.1) is 0 Å². The topological polar surface area (TPSA) is 64.9 Å². The van der Waals surface area contributed by atoms with Crippen LogP contribution >= 0.6 is 23.5 Å². The summed E-state index contributed by atoms with van der Waals surface area (Å²) in [5, 5.41) is 5.13. The fourth-order valence-corrected chi connectivity index (χ4v) is 4.84. The van der Waals surface area contributed by atoms with E-state index in [0.717, 1.165) is 18.0 Å². The molecular formula is C12H21N3OS2. The van der Waals surface area contributed by atoms with E-state index in [0.29, 0.717) is 22.9 Å². The van der Waals surface area contributed by atoms with Gasteiger partial charge in [0.15, 0.2) is 5.82 Å². The zero-order valence-corrected chi connectivity index (χ0v) is 12.8. The molecule has 102 valence electrons. The highest BCUT2D eigenvalue weighted by molar-refractivity contribution is 8.06. The lowest BCUT2D eigenvalue weighted by Gasteiger charge is -2.27. The zero-order valence-electron chi connectivity index (χ0n) is 11.2. The summed E-state index contributed by atoms with van der Waals surface area (Å²) in [6.45, 7) is 6.80. The number of hydrogen-bond donors (Lipinski definition) is 1. The van der Waals surface area contributed by atoms with Gasteiger partial charge in [-0.05, 0) is 20.3 Å². The van der Waals surface area contributed by atoms with Crippen molar-refractivity contribution in [3.63, 3.8) is 0 Å². The Labute approximate surface area is 117 Å². The molecule has 0 radical (unpaired) electrons. The summed E-state index contributed by atoms with van der Waals surface area (Å²) >= 11 is 3.96. The Hall–Kier alpha value is -0.200. The first-order chi connectivity index (χ1) is 8.58. The molecule has 2 heterocycles. The highest BCUT2D eigenvalue weighted by Crippen LogP contribution is 2.43. The molecule has 2 N–H and O–H groups in total. The highest BCUT2D eigenvalue weighted by atomic mass is 32.2. The molecule has 0 amide bonds. The molecule has 0 aromatic carbocycles. The molecule has 1 aliphatic rings. The smallest absolute Gasteiger partial charge is 0.233 e. The lowest BCUT2D eigenvalue weighted by Crippen LogP contribution is -2.28. The SMILES string of the molecule is CCC1SCCSC1c1noc(C(C)(C)CN)n1. The van der Waals surface area contributed by atoms with E-state index < -0.39 is 0 Å². The predicted molar refractivity (Wildman–Crippen MR) is 78.1 cm³/mol. The summed E-state index contributed by atoms with van der Waals surface area (Å²) in [4.78, 5) is 4.58. The van der Waals surface area contributed by atoms with Crippen LogP contribution in [0.4, 0.5) is 0 Å². The minimum atomic E-state index is -0.237. The molecule has 0 aliphatic carbocycles. The summed E-state index contributed by atoms with van der Waals surface area (Å²) in [7, 11) is 0. The Morgan fingerprint density at radius 1 is 1.39 bits per heavy atom. The fourth-order valence-electron chi connectivity index (χ4n) is 1.85. The first-order valence-corrected chi connectivity index (χ1v) is 8.45. The Balaban J connectivity index is 2.18. The molecule has 2 atom stereocenters. The van der Waals surface area contributed by atoms with Gasteiger partial charge in [0.05, 0.1) is 10.7 Å². The van der Waals surface area contributed by atoms with E-state index in [1.54, 1.807) is 0 Å². The Morgan fingerprint density at radius 3 is 2.78 bits per heavy atom. The molecule has 1 fully saturated rings. The molecule has 0 bridgehead atoms. The summed E-state index contributed by atoms with van der Waals surface area (Å²) in [6, 6.07) is 0. The number of nitrogens with zero attached hydrogens (tertiary/aromatic N) is 2. The average Bonchev–Trinajstić information content (AvgIpc) is 2.89. The molecular weight excluding hydrogens is 266 g/mol. The van der Waals surface area contributed by atoms with Gasteiger partial charge >= 0.3 is 0 Å². The third-order valence-corrected chi connectivity index (χ3v) is 6.48. The van der Waals surface area contributed by atoms with E-state index in [-0.39, 0.29) is 5.41 Å². The van der Waals surface area contributed by atoms with Crippen molar-refractivity contribution in [3.05, 3.63) is 11.7 Å². The molecule has 2 unspecified atom stereocenters. The highest BCUT2D eigenvalue weighted by Gasteiger charge is 2.33. The van der Waals surface area contributed by atoms with Crippen molar-refractivity contribution in [2.45, 2.75) is 43.1 Å². The van der Waals surface area contributed by atoms with Crippen molar-refractivity contribution in [1.82, 2.24) is 10.1 Å². The third kappa shape index (κ3) is 2.86. The normalized spacial score (nSPS) is 25.3. The molecule has 1 saturated heterocycles. The van der Waals surface area contributed by atoms with Gasteiger partial charge in [-0.15, -0.1) is 11.8 Å². The van der Waals surface area contributed by atoms with Crippen LogP contribution < -0.4 is 5.73 Å². The number of rotatable bonds is 4. The lowest BCUT2D eigenvalue weighted by molar-refractivity contribution is 0.309. The molecule has 18 heavy (non-hydrogen) atoms. The molecule has 0 saturated carbocycles. The van der Waals surface area contributed by atoms with E-state index in [9.17, 15) is 0 Å². The van der Waals surface area contributed by atoms with Crippen molar-refractivity contribution >= 4 is 23.5 Å². The van der Waals surface area contributed by atoms with Crippen LogP contribution in [0.3, 0.4) is 0 Å². The van der Waals surface area contributed by atoms with Crippen molar-refractivity contribution in [1.29, 1.82) is 0 Å². The van der Waals surface area contributed by atoms with Crippen LogP contribution in [-0.2, 0) is 5.41 Å². The average molecular weight is 287 g/mol. The summed E-state index contributed by atoms with van der Waals surface area (Å²) < 4.78 is 5.40. The molecule has 6 heteroatoms. The molecule has 2 rings (SSSR count). The molecule has 1 aliphatic heterocycles. The number of thioether (sulfide) groups is 2. The van der Waals surface area contributed by atoms with Crippen LogP contribution in [0.25, 0.3) is 0 Å². The van der Waals surface area contributed by atoms with Gasteiger partial charge < -0.3 is 10.3 Å².